The lowest BCUT2D eigenvalue weighted by Gasteiger charge is -2.09. The number of nitrogens with one attached hydrogen (secondary N) is 3. The van der Waals surface area contributed by atoms with E-state index in [-0.39, 0.29) is 17.7 Å². The van der Waals surface area contributed by atoms with E-state index in [2.05, 4.69) is 16.0 Å². The Morgan fingerprint density at radius 1 is 1.04 bits per heavy atom. The lowest BCUT2D eigenvalue weighted by molar-refractivity contribution is -0.113. The van der Waals surface area contributed by atoms with Crippen LogP contribution in [0.4, 0.5) is 16.2 Å². The molecule has 0 radical (unpaired) electrons. The summed E-state index contributed by atoms with van der Waals surface area (Å²) in [7, 11) is 1.53. The van der Waals surface area contributed by atoms with Crippen molar-refractivity contribution >= 4 is 58.3 Å². The van der Waals surface area contributed by atoms with Gasteiger partial charge in [-0.25, -0.2) is 4.79 Å². The fraction of sp³-hybridized carbons (Fsp3) is 0.125. The fourth-order valence-corrected chi connectivity index (χ4v) is 3.09. The molecule has 126 valence electrons. The summed E-state index contributed by atoms with van der Waals surface area (Å²) in [6.07, 6.45) is 0. The van der Waals surface area contributed by atoms with Gasteiger partial charge in [-0.05, 0) is 36.4 Å². The third kappa shape index (κ3) is 5.63. The Morgan fingerprint density at radius 2 is 1.75 bits per heavy atom. The Hall–Kier alpha value is -1.89. The van der Waals surface area contributed by atoms with Gasteiger partial charge in [0, 0.05) is 28.3 Å². The van der Waals surface area contributed by atoms with E-state index in [1.165, 1.54) is 18.8 Å². The number of benzene rings is 2. The maximum atomic E-state index is 12.1. The van der Waals surface area contributed by atoms with E-state index in [4.69, 9.17) is 23.2 Å². The molecule has 3 N–H and O–H groups in total. The molecule has 0 aliphatic rings. The van der Waals surface area contributed by atoms with Gasteiger partial charge in [0.05, 0.1) is 10.8 Å². The topological polar surface area (TPSA) is 70.2 Å². The molecule has 2 aromatic rings. The van der Waals surface area contributed by atoms with Gasteiger partial charge in [-0.3, -0.25) is 4.79 Å². The molecule has 2 rings (SSSR count). The highest BCUT2D eigenvalue weighted by molar-refractivity contribution is 8.00. The number of urea groups is 1. The molecule has 0 fully saturated rings. The van der Waals surface area contributed by atoms with Gasteiger partial charge >= 0.3 is 6.03 Å². The molecule has 0 aliphatic carbocycles. The van der Waals surface area contributed by atoms with Gasteiger partial charge < -0.3 is 16.0 Å². The number of thioether (sulfide) groups is 1. The number of carbonyl (C=O) groups excluding carboxylic acids is 2. The number of carbonyl (C=O) groups is 2. The zero-order chi connectivity index (χ0) is 17.5. The van der Waals surface area contributed by atoms with Crippen molar-refractivity contribution in [3.8, 4) is 0 Å². The first-order valence-electron chi connectivity index (χ1n) is 6.94. The molecule has 0 aliphatic heterocycles. The second-order valence-electron chi connectivity index (χ2n) is 4.70. The number of rotatable bonds is 5. The van der Waals surface area contributed by atoms with Crippen LogP contribution >= 0.6 is 35.0 Å². The minimum Gasteiger partial charge on any atom is -0.341 e. The first-order chi connectivity index (χ1) is 11.5. The summed E-state index contributed by atoms with van der Waals surface area (Å²) in [5.41, 5.74) is 1.17. The first kappa shape index (κ1) is 18.4. The Labute approximate surface area is 154 Å². The number of amides is 3. The molecule has 0 unspecified atom stereocenters. The highest BCUT2D eigenvalue weighted by Gasteiger charge is 2.08. The summed E-state index contributed by atoms with van der Waals surface area (Å²) < 4.78 is 0. The van der Waals surface area contributed by atoms with E-state index in [0.29, 0.717) is 21.4 Å². The molecule has 0 heterocycles. The molecule has 0 saturated heterocycles. The normalized spacial score (nSPS) is 10.1. The van der Waals surface area contributed by atoms with Gasteiger partial charge in [0.1, 0.15) is 0 Å². The van der Waals surface area contributed by atoms with Gasteiger partial charge in [0.15, 0.2) is 0 Å². The largest absolute Gasteiger partial charge is 0.341 e. The van der Waals surface area contributed by atoms with E-state index in [1.807, 2.05) is 0 Å². The van der Waals surface area contributed by atoms with Gasteiger partial charge in [0.2, 0.25) is 5.91 Å². The van der Waals surface area contributed by atoms with Crippen LogP contribution in [-0.2, 0) is 4.79 Å². The summed E-state index contributed by atoms with van der Waals surface area (Å²) in [4.78, 5) is 24.1. The van der Waals surface area contributed by atoms with Crippen LogP contribution in [0.1, 0.15) is 0 Å². The predicted molar refractivity (Wildman–Crippen MR) is 100 cm³/mol. The van der Waals surface area contributed by atoms with Gasteiger partial charge in [0.25, 0.3) is 0 Å². The summed E-state index contributed by atoms with van der Waals surface area (Å²) >= 11 is 13.3. The van der Waals surface area contributed by atoms with Crippen LogP contribution < -0.4 is 16.0 Å². The van der Waals surface area contributed by atoms with E-state index >= 15 is 0 Å². The van der Waals surface area contributed by atoms with Crippen molar-refractivity contribution < 1.29 is 9.59 Å². The average molecular weight is 384 g/mol. The van der Waals surface area contributed by atoms with Crippen LogP contribution in [0.15, 0.2) is 47.4 Å². The third-order valence-electron chi connectivity index (χ3n) is 2.88. The number of halogens is 2. The van der Waals surface area contributed by atoms with Crippen molar-refractivity contribution in [3.05, 3.63) is 52.5 Å². The maximum absolute atomic E-state index is 12.1. The number of anilines is 2. The Kier molecular flexibility index (Phi) is 6.78. The van der Waals surface area contributed by atoms with Crippen LogP contribution in [0.25, 0.3) is 0 Å². The van der Waals surface area contributed by atoms with Crippen molar-refractivity contribution in [3.63, 3.8) is 0 Å². The Bertz CT molecular complexity index is 756. The minimum atomic E-state index is -0.329. The quantitative estimate of drug-likeness (QED) is 0.666. The van der Waals surface area contributed by atoms with Crippen molar-refractivity contribution in [2.45, 2.75) is 4.90 Å². The van der Waals surface area contributed by atoms with Crippen LogP contribution in [0.5, 0.6) is 0 Å². The molecule has 0 bridgehead atoms. The molecule has 8 heteroatoms. The highest BCUT2D eigenvalue weighted by Crippen LogP contribution is 2.29. The van der Waals surface area contributed by atoms with E-state index < -0.39 is 0 Å². The van der Waals surface area contributed by atoms with E-state index in [0.717, 1.165) is 4.90 Å². The molecule has 0 spiro atoms. The van der Waals surface area contributed by atoms with Crippen LogP contribution in [0.2, 0.25) is 10.0 Å². The van der Waals surface area contributed by atoms with Crippen molar-refractivity contribution in [1.29, 1.82) is 0 Å². The molecule has 0 saturated carbocycles. The summed E-state index contributed by atoms with van der Waals surface area (Å²) in [5, 5.41) is 8.98. The third-order valence-corrected chi connectivity index (χ3v) is 4.62. The molecule has 2 aromatic carbocycles. The molecular weight excluding hydrogens is 369 g/mol. The molecule has 24 heavy (non-hydrogen) atoms. The van der Waals surface area contributed by atoms with Crippen molar-refractivity contribution in [2.75, 3.05) is 23.4 Å². The van der Waals surface area contributed by atoms with E-state index in [1.54, 1.807) is 42.5 Å². The molecule has 3 amide bonds. The minimum absolute atomic E-state index is 0.187. The fourth-order valence-electron chi connectivity index (χ4n) is 1.80. The second-order valence-corrected chi connectivity index (χ2v) is 6.56. The molecular formula is C16H15Cl2N3O2S. The second kappa shape index (κ2) is 8.82. The van der Waals surface area contributed by atoms with E-state index in [9.17, 15) is 9.59 Å². The molecule has 0 atom stereocenters. The van der Waals surface area contributed by atoms with Crippen molar-refractivity contribution in [1.82, 2.24) is 5.32 Å². The standard InChI is InChI=1S/C16H15Cl2N3O2S/c1-19-16(23)21-12-4-2-3-11(8-12)20-15(22)9-24-14-7-10(17)5-6-13(14)18/h2-8H,9H2,1H3,(H,20,22)(H2,19,21,23). The summed E-state index contributed by atoms with van der Waals surface area (Å²) in [6, 6.07) is 11.7. The van der Waals surface area contributed by atoms with Gasteiger partial charge in [-0.1, -0.05) is 29.3 Å². The van der Waals surface area contributed by atoms with Crippen LogP contribution in [-0.4, -0.2) is 24.7 Å². The average Bonchev–Trinajstić information content (AvgIpc) is 2.56. The number of hydrogen-bond acceptors (Lipinski definition) is 3. The van der Waals surface area contributed by atoms with Gasteiger partial charge in [-0.2, -0.15) is 0 Å². The van der Waals surface area contributed by atoms with Crippen LogP contribution in [0, 0.1) is 0 Å². The monoisotopic (exact) mass is 383 g/mol. The van der Waals surface area contributed by atoms with Crippen molar-refractivity contribution in [2.24, 2.45) is 0 Å². The lowest BCUT2D eigenvalue weighted by Crippen LogP contribution is -2.24. The van der Waals surface area contributed by atoms with Gasteiger partial charge in [-0.15, -0.1) is 11.8 Å². The summed E-state index contributed by atoms with van der Waals surface area (Å²) in [5.74, 6) is 0.000751. The maximum Gasteiger partial charge on any atom is 0.318 e. The Balaban J connectivity index is 1.93. The van der Waals surface area contributed by atoms with Crippen LogP contribution in [0.3, 0.4) is 0 Å². The zero-order valence-corrected chi connectivity index (χ0v) is 15.1. The SMILES string of the molecule is CNC(=O)Nc1cccc(NC(=O)CSc2cc(Cl)ccc2Cl)c1. The lowest BCUT2D eigenvalue weighted by atomic mass is 10.3. The predicted octanol–water partition coefficient (Wildman–Crippen LogP) is 4.48. The smallest absolute Gasteiger partial charge is 0.318 e. The molecule has 0 aromatic heterocycles. The summed E-state index contributed by atoms with van der Waals surface area (Å²) in [6.45, 7) is 0. The Morgan fingerprint density at radius 3 is 2.46 bits per heavy atom. The zero-order valence-electron chi connectivity index (χ0n) is 12.7. The molecule has 5 nitrogen and oxygen atoms in total. The highest BCUT2D eigenvalue weighted by atomic mass is 35.5. The first-order valence-corrected chi connectivity index (χ1v) is 8.68. The number of hydrogen-bond donors (Lipinski definition) is 3.